The lowest BCUT2D eigenvalue weighted by atomic mass is 10.0. The summed E-state index contributed by atoms with van der Waals surface area (Å²) in [7, 11) is 0. The number of carbonyl (C=O) groups is 2. The number of rotatable bonds is 8. The van der Waals surface area contributed by atoms with Crippen molar-refractivity contribution in [3.8, 4) is 0 Å². The number of para-hydroxylation sites is 1. The van der Waals surface area contributed by atoms with E-state index in [-0.39, 0.29) is 24.4 Å². The molecule has 1 aliphatic carbocycles. The molecule has 1 saturated carbocycles. The van der Waals surface area contributed by atoms with Gasteiger partial charge in [-0.1, -0.05) is 66.6 Å². The Kier molecular flexibility index (Phi) is 6.67. The van der Waals surface area contributed by atoms with Gasteiger partial charge in [-0.2, -0.15) is 0 Å². The van der Waals surface area contributed by atoms with Gasteiger partial charge in [-0.05, 0) is 42.0 Å². The monoisotopic (exact) mass is 473 g/mol. The molecule has 0 saturated heterocycles. The average Bonchev–Trinajstić information content (AvgIpc) is 3.63. The highest BCUT2D eigenvalue weighted by atomic mass is 32.1. The molecule has 0 aliphatic heterocycles. The van der Waals surface area contributed by atoms with Gasteiger partial charge in [0, 0.05) is 10.9 Å². The van der Waals surface area contributed by atoms with Crippen LogP contribution in [0.15, 0.2) is 72.1 Å². The van der Waals surface area contributed by atoms with Crippen LogP contribution in [0.4, 0.5) is 0 Å². The Morgan fingerprint density at radius 2 is 1.79 bits per heavy atom. The molecule has 0 spiro atoms. The molecule has 8 heteroatoms. The fourth-order valence-electron chi connectivity index (χ4n) is 4.61. The van der Waals surface area contributed by atoms with Gasteiger partial charge in [0.05, 0.1) is 12.1 Å². The fraction of sp³-hybridized carbons (Fsp3) is 0.308. The normalized spacial score (nSPS) is 14.8. The second-order valence-electron chi connectivity index (χ2n) is 8.64. The van der Waals surface area contributed by atoms with Crippen LogP contribution >= 0.6 is 11.3 Å². The molecule has 0 unspecified atom stereocenters. The van der Waals surface area contributed by atoms with Crippen molar-refractivity contribution in [1.82, 2.24) is 25.2 Å². The molecule has 5 rings (SSSR count). The lowest BCUT2D eigenvalue weighted by Gasteiger charge is -2.32. The SMILES string of the molecule is O=C(NC1CCCC1)[C@H](c1ccccc1)N(Cc1cccs1)C(=O)Cn1nnc2ccccc21. The van der Waals surface area contributed by atoms with Crippen molar-refractivity contribution >= 4 is 34.2 Å². The van der Waals surface area contributed by atoms with E-state index >= 15 is 0 Å². The molecule has 1 N–H and O–H groups in total. The minimum Gasteiger partial charge on any atom is -0.351 e. The van der Waals surface area contributed by atoms with E-state index in [0.29, 0.717) is 6.54 Å². The number of aromatic nitrogens is 3. The van der Waals surface area contributed by atoms with Crippen molar-refractivity contribution in [2.24, 2.45) is 0 Å². The summed E-state index contributed by atoms with van der Waals surface area (Å²) >= 11 is 1.58. The molecular formula is C26H27N5O2S. The third-order valence-corrected chi connectivity index (χ3v) is 7.17. The molecule has 1 atom stereocenters. The molecule has 2 heterocycles. The Morgan fingerprint density at radius 3 is 2.56 bits per heavy atom. The molecule has 174 valence electrons. The van der Waals surface area contributed by atoms with Crippen LogP contribution in [0.1, 0.15) is 42.2 Å². The molecule has 0 radical (unpaired) electrons. The summed E-state index contributed by atoms with van der Waals surface area (Å²) in [6.45, 7) is 0.354. The van der Waals surface area contributed by atoms with E-state index in [1.54, 1.807) is 20.9 Å². The summed E-state index contributed by atoms with van der Waals surface area (Å²) < 4.78 is 1.61. The standard InChI is InChI=1S/C26H27N5O2S/c32-24(18-31-23-15-7-6-14-22(23)28-29-31)30(17-21-13-8-16-34-21)25(19-9-2-1-3-10-19)26(33)27-20-11-4-5-12-20/h1-3,6-10,13-16,20,25H,4-5,11-12,17-18H2,(H,27,33)/t25-/m0/s1. The van der Waals surface area contributed by atoms with E-state index in [4.69, 9.17) is 0 Å². The zero-order valence-corrected chi connectivity index (χ0v) is 19.7. The van der Waals surface area contributed by atoms with Gasteiger partial charge in [0.15, 0.2) is 0 Å². The van der Waals surface area contributed by atoms with Gasteiger partial charge in [-0.25, -0.2) is 4.68 Å². The highest BCUT2D eigenvalue weighted by Gasteiger charge is 2.33. The van der Waals surface area contributed by atoms with Crippen LogP contribution in [0.5, 0.6) is 0 Å². The van der Waals surface area contributed by atoms with Gasteiger partial charge in [0.2, 0.25) is 11.8 Å². The largest absolute Gasteiger partial charge is 0.351 e. The number of thiophene rings is 1. The molecule has 34 heavy (non-hydrogen) atoms. The maximum atomic E-state index is 13.8. The van der Waals surface area contributed by atoms with Gasteiger partial charge in [0.1, 0.15) is 18.1 Å². The van der Waals surface area contributed by atoms with Crippen LogP contribution in [0, 0.1) is 0 Å². The first-order valence-corrected chi connectivity index (χ1v) is 12.5. The lowest BCUT2D eigenvalue weighted by Crippen LogP contribution is -2.46. The average molecular weight is 474 g/mol. The van der Waals surface area contributed by atoms with Gasteiger partial charge < -0.3 is 10.2 Å². The zero-order valence-electron chi connectivity index (χ0n) is 18.8. The molecule has 7 nitrogen and oxygen atoms in total. The predicted octanol–water partition coefficient (Wildman–Crippen LogP) is 4.32. The Balaban J connectivity index is 1.49. The van der Waals surface area contributed by atoms with Crippen LogP contribution in [-0.4, -0.2) is 37.7 Å². The number of hydrogen-bond donors (Lipinski definition) is 1. The van der Waals surface area contributed by atoms with Crippen molar-refractivity contribution < 1.29 is 9.59 Å². The van der Waals surface area contributed by atoms with Gasteiger partial charge in [-0.15, -0.1) is 16.4 Å². The van der Waals surface area contributed by atoms with E-state index in [2.05, 4.69) is 15.6 Å². The first kappa shape index (κ1) is 22.3. The summed E-state index contributed by atoms with van der Waals surface area (Å²) in [4.78, 5) is 30.2. The molecule has 1 aliphatic rings. The Bertz CT molecular complexity index is 1250. The van der Waals surface area contributed by atoms with Crippen molar-refractivity contribution in [3.63, 3.8) is 0 Å². The number of benzene rings is 2. The van der Waals surface area contributed by atoms with Crippen molar-refractivity contribution in [1.29, 1.82) is 0 Å². The van der Waals surface area contributed by atoms with Crippen molar-refractivity contribution in [3.05, 3.63) is 82.6 Å². The van der Waals surface area contributed by atoms with Gasteiger partial charge in [-0.3, -0.25) is 9.59 Å². The van der Waals surface area contributed by atoms with Crippen LogP contribution in [-0.2, 0) is 22.7 Å². The molecule has 2 aromatic carbocycles. The van der Waals surface area contributed by atoms with E-state index in [9.17, 15) is 9.59 Å². The van der Waals surface area contributed by atoms with Crippen LogP contribution in [0.25, 0.3) is 11.0 Å². The first-order chi connectivity index (χ1) is 16.7. The summed E-state index contributed by atoms with van der Waals surface area (Å²) in [6.07, 6.45) is 4.21. The summed E-state index contributed by atoms with van der Waals surface area (Å²) in [5.41, 5.74) is 2.32. The molecule has 2 aromatic heterocycles. The minimum atomic E-state index is -0.730. The number of amides is 2. The number of hydrogen-bond acceptors (Lipinski definition) is 5. The number of nitrogens with zero attached hydrogens (tertiary/aromatic N) is 4. The predicted molar refractivity (Wildman–Crippen MR) is 132 cm³/mol. The third kappa shape index (κ3) is 4.87. The smallest absolute Gasteiger partial charge is 0.247 e. The first-order valence-electron chi connectivity index (χ1n) is 11.6. The van der Waals surface area contributed by atoms with Crippen LogP contribution in [0.3, 0.4) is 0 Å². The Labute approximate surface area is 202 Å². The topological polar surface area (TPSA) is 80.1 Å². The maximum absolute atomic E-state index is 13.8. The van der Waals surface area contributed by atoms with E-state index < -0.39 is 6.04 Å². The summed E-state index contributed by atoms with van der Waals surface area (Å²) in [6, 6.07) is 20.5. The molecule has 1 fully saturated rings. The molecule has 0 bridgehead atoms. The Morgan fingerprint density at radius 1 is 1.03 bits per heavy atom. The van der Waals surface area contributed by atoms with E-state index in [1.807, 2.05) is 72.1 Å². The second-order valence-corrected chi connectivity index (χ2v) is 9.67. The third-order valence-electron chi connectivity index (χ3n) is 6.31. The fourth-order valence-corrected chi connectivity index (χ4v) is 5.31. The highest BCUT2D eigenvalue weighted by Crippen LogP contribution is 2.27. The quantitative estimate of drug-likeness (QED) is 0.413. The molecule has 2 amide bonds. The van der Waals surface area contributed by atoms with Gasteiger partial charge >= 0.3 is 0 Å². The van der Waals surface area contributed by atoms with E-state index in [1.165, 1.54) is 0 Å². The molecule has 4 aromatic rings. The lowest BCUT2D eigenvalue weighted by molar-refractivity contribution is -0.142. The highest BCUT2D eigenvalue weighted by molar-refractivity contribution is 7.09. The van der Waals surface area contributed by atoms with Crippen LogP contribution in [0.2, 0.25) is 0 Å². The van der Waals surface area contributed by atoms with Crippen LogP contribution < -0.4 is 5.32 Å². The summed E-state index contributed by atoms with van der Waals surface area (Å²) in [5, 5.41) is 13.6. The summed E-state index contributed by atoms with van der Waals surface area (Å²) in [5.74, 6) is -0.314. The molecular weight excluding hydrogens is 446 g/mol. The maximum Gasteiger partial charge on any atom is 0.247 e. The number of fused-ring (bicyclic) bond motifs is 1. The Hall–Kier alpha value is -3.52. The van der Waals surface area contributed by atoms with Crippen molar-refractivity contribution in [2.75, 3.05) is 0 Å². The number of nitrogens with one attached hydrogen (secondary N) is 1. The van der Waals surface area contributed by atoms with Crippen molar-refractivity contribution in [2.45, 2.75) is 50.9 Å². The second kappa shape index (κ2) is 10.2. The van der Waals surface area contributed by atoms with E-state index in [0.717, 1.165) is 47.2 Å². The van der Waals surface area contributed by atoms with Gasteiger partial charge in [0.25, 0.3) is 0 Å². The number of carbonyl (C=O) groups excluding carboxylic acids is 2. The zero-order chi connectivity index (χ0) is 23.3. The minimum absolute atomic E-state index is 0.00588.